The van der Waals surface area contributed by atoms with Crippen molar-refractivity contribution >= 4 is 22.9 Å². The molecule has 3 aromatic rings. The van der Waals surface area contributed by atoms with E-state index in [1.165, 1.54) is 0 Å². The van der Waals surface area contributed by atoms with Crippen molar-refractivity contribution in [3.05, 3.63) is 58.8 Å². The molecule has 0 atom stereocenters. The zero-order chi connectivity index (χ0) is 16.4. The topological polar surface area (TPSA) is 58.5 Å². The van der Waals surface area contributed by atoms with Crippen LogP contribution >= 0.6 is 0 Å². The minimum Gasteiger partial charge on any atom is -0.496 e. The summed E-state index contributed by atoms with van der Waals surface area (Å²) in [5.41, 5.74) is 2.16. The van der Waals surface area contributed by atoms with Gasteiger partial charge in [0.2, 0.25) is 5.88 Å². The molecule has 0 aliphatic rings. The van der Waals surface area contributed by atoms with E-state index in [0.717, 1.165) is 27.6 Å². The van der Waals surface area contributed by atoms with Gasteiger partial charge in [-0.05, 0) is 30.7 Å². The predicted octanol–water partition coefficient (Wildman–Crippen LogP) is 4.68. The Morgan fingerprint density at radius 1 is 1.17 bits per heavy atom. The molecule has 2 aromatic carbocycles. The molecule has 23 heavy (non-hydrogen) atoms. The van der Waals surface area contributed by atoms with E-state index in [0.29, 0.717) is 17.2 Å². The summed E-state index contributed by atoms with van der Waals surface area (Å²) in [7, 11) is 1.63. The molecule has 0 saturated heterocycles. The molecule has 0 aliphatic heterocycles. The van der Waals surface area contributed by atoms with E-state index >= 15 is 0 Å². The summed E-state index contributed by atoms with van der Waals surface area (Å²) in [5.74, 6) is 1.77. The van der Waals surface area contributed by atoms with E-state index in [2.05, 4.69) is 11.1 Å². The Morgan fingerprint density at radius 2 is 1.96 bits per heavy atom. The molecule has 1 aromatic heterocycles. The number of rotatable bonds is 3. The first-order chi connectivity index (χ1) is 11.2. The van der Waals surface area contributed by atoms with Gasteiger partial charge in [-0.25, -0.2) is 4.99 Å². The Morgan fingerprint density at radius 3 is 2.70 bits per heavy atom. The number of nitriles is 1. The maximum atomic E-state index is 9.27. The summed E-state index contributed by atoms with van der Waals surface area (Å²) in [5, 5.41) is 11.4. The maximum Gasteiger partial charge on any atom is 0.237 e. The zero-order valence-corrected chi connectivity index (χ0v) is 13.3. The first-order valence-electron chi connectivity index (χ1n) is 7.25. The molecule has 1 heterocycles. The van der Waals surface area contributed by atoms with Crippen molar-refractivity contribution in [3.63, 3.8) is 0 Å². The van der Waals surface area contributed by atoms with Gasteiger partial charge in [0.05, 0.1) is 7.11 Å². The Hall–Kier alpha value is -3.06. The van der Waals surface area contributed by atoms with Gasteiger partial charge in [-0.1, -0.05) is 30.3 Å². The molecule has 0 N–H and O–H groups in total. The first-order valence-corrected chi connectivity index (χ1v) is 7.25. The number of hydrogen-bond donors (Lipinski definition) is 0. The van der Waals surface area contributed by atoms with E-state index in [4.69, 9.17) is 9.15 Å². The van der Waals surface area contributed by atoms with Crippen molar-refractivity contribution in [2.45, 2.75) is 13.8 Å². The van der Waals surface area contributed by atoms with Crippen LogP contribution in [0.1, 0.15) is 22.5 Å². The lowest BCUT2D eigenvalue weighted by Crippen LogP contribution is -1.92. The fourth-order valence-electron chi connectivity index (χ4n) is 2.54. The molecule has 0 spiro atoms. The van der Waals surface area contributed by atoms with Crippen molar-refractivity contribution in [2.75, 3.05) is 7.11 Å². The zero-order valence-electron chi connectivity index (χ0n) is 13.3. The standard InChI is InChI=1S/C19H16N2O2/c1-12-13(2)23-19(16(12)10-20)21-11-17-15-7-5-4-6-14(15)8-9-18(17)22-3/h4-9,11H,1-3H3/b21-11+. The Balaban J connectivity index is 2.15. The van der Waals surface area contributed by atoms with Crippen LogP contribution in [0.3, 0.4) is 0 Å². The number of hydrogen-bond acceptors (Lipinski definition) is 4. The van der Waals surface area contributed by atoms with Crippen LogP contribution in [-0.2, 0) is 0 Å². The van der Waals surface area contributed by atoms with Crippen molar-refractivity contribution in [1.82, 2.24) is 0 Å². The van der Waals surface area contributed by atoms with Crippen LogP contribution in [0.5, 0.6) is 5.75 Å². The molecule has 0 fully saturated rings. The molecular weight excluding hydrogens is 288 g/mol. The van der Waals surface area contributed by atoms with Crippen LogP contribution in [0.2, 0.25) is 0 Å². The smallest absolute Gasteiger partial charge is 0.237 e. The molecule has 3 rings (SSSR count). The molecule has 0 radical (unpaired) electrons. The number of aliphatic imine (C=N–C) groups is 1. The SMILES string of the molecule is COc1ccc2ccccc2c1/C=N/c1oc(C)c(C)c1C#N. The third-order valence-electron chi connectivity index (χ3n) is 3.94. The summed E-state index contributed by atoms with van der Waals surface area (Å²) >= 11 is 0. The summed E-state index contributed by atoms with van der Waals surface area (Å²) < 4.78 is 11.0. The molecule has 0 aliphatic carbocycles. The number of ether oxygens (including phenoxy) is 1. The van der Waals surface area contributed by atoms with Gasteiger partial charge in [-0.3, -0.25) is 0 Å². The second-order valence-corrected chi connectivity index (χ2v) is 5.24. The highest BCUT2D eigenvalue weighted by atomic mass is 16.5. The lowest BCUT2D eigenvalue weighted by Gasteiger charge is -2.08. The van der Waals surface area contributed by atoms with Crippen molar-refractivity contribution < 1.29 is 9.15 Å². The van der Waals surface area contributed by atoms with Gasteiger partial charge in [0, 0.05) is 17.3 Å². The third kappa shape index (κ3) is 2.58. The third-order valence-corrected chi connectivity index (χ3v) is 3.94. The molecule has 4 heteroatoms. The first kappa shape index (κ1) is 14.9. The number of fused-ring (bicyclic) bond motifs is 1. The van der Waals surface area contributed by atoms with Gasteiger partial charge in [0.25, 0.3) is 0 Å². The lowest BCUT2D eigenvalue weighted by molar-refractivity contribution is 0.415. The quantitative estimate of drug-likeness (QED) is 0.660. The minimum absolute atomic E-state index is 0.331. The largest absolute Gasteiger partial charge is 0.496 e. The fraction of sp³-hybridized carbons (Fsp3) is 0.158. The Bertz CT molecular complexity index is 946. The van der Waals surface area contributed by atoms with Crippen LogP contribution in [-0.4, -0.2) is 13.3 Å². The number of furan rings is 1. The second kappa shape index (κ2) is 5.98. The van der Waals surface area contributed by atoms with Crippen molar-refractivity contribution in [1.29, 1.82) is 5.26 Å². The molecule has 114 valence electrons. The molecular formula is C19H16N2O2. The Kier molecular flexibility index (Phi) is 3.86. The molecule has 4 nitrogen and oxygen atoms in total. The van der Waals surface area contributed by atoms with Crippen LogP contribution in [0.15, 0.2) is 45.8 Å². The normalized spacial score (nSPS) is 11.0. The van der Waals surface area contributed by atoms with Crippen LogP contribution in [0.4, 0.5) is 5.88 Å². The average Bonchev–Trinajstić information content (AvgIpc) is 2.86. The van der Waals surface area contributed by atoms with Gasteiger partial charge in [-0.15, -0.1) is 0 Å². The lowest BCUT2D eigenvalue weighted by atomic mass is 10.0. The highest BCUT2D eigenvalue weighted by Crippen LogP contribution is 2.30. The Labute approximate surface area is 134 Å². The molecule has 0 saturated carbocycles. The number of benzene rings is 2. The van der Waals surface area contributed by atoms with Crippen LogP contribution in [0.25, 0.3) is 10.8 Å². The highest BCUT2D eigenvalue weighted by Gasteiger charge is 2.13. The monoisotopic (exact) mass is 304 g/mol. The summed E-state index contributed by atoms with van der Waals surface area (Å²) in [4.78, 5) is 4.39. The summed E-state index contributed by atoms with van der Waals surface area (Å²) in [6.45, 7) is 3.68. The number of aryl methyl sites for hydroxylation is 1. The minimum atomic E-state index is 0.331. The maximum absolute atomic E-state index is 9.27. The van der Waals surface area contributed by atoms with Gasteiger partial charge >= 0.3 is 0 Å². The van der Waals surface area contributed by atoms with Gasteiger partial charge < -0.3 is 9.15 Å². The van der Waals surface area contributed by atoms with E-state index in [1.54, 1.807) is 13.3 Å². The van der Waals surface area contributed by atoms with Crippen LogP contribution < -0.4 is 4.74 Å². The molecule has 0 unspecified atom stereocenters. The van der Waals surface area contributed by atoms with Crippen LogP contribution in [0, 0.1) is 25.2 Å². The second-order valence-electron chi connectivity index (χ2n) is 5.24. The van der Waals surface area contributed by atoms with E-state index in [9.17, 15) is 5.26 Å². The average molecular weight is 304 g/mol. The predicted molar refractivity (Wildman–Crippen MR) is 90.7 cm³/mol. The number of methoxy groups -OCH3 is 1. The van der Waals surface area contributed by atoms with E-state index in [-0.39, 0.29) is 0 Å². The molecule has 0 bridgehead atoms. The van der Waals surface area contributed by atoms with Crippen molar-refractivity contribution in [2.24, 2.45) is 4.99 Å². The fourth-order valence-corrected chi connectivity index (χ4v) is 2.54. The van der Waals surface area contributed by atoms with Gasteiger partial charge in [-0.2, -0.15) is 5.26 Å². The highest BCUT2D eigenvalue weighted by molar-refractivity contribution is 6.03. The van der Waals surface area contributed by atoms with Gasteiger partial charge in [0.1, 0.15) is 23.1 Å². The van der Waals surface area contributed by atoms with E-state index < -0.39 is 0 Å². The van der Waals surface area contributed by atoms with E-state index in [1.807, 2.05) is 50.2 Å². The molecule has 0 amide bonds. The number of nitrogens with zero attached hydrogens (tertiary/aromatic N) is 2. The summed E-state index contributed by atoms with van der Waals surface area (Å²) in [6, 6.07) is 14.1. The van der Waals surface area contributed by atoms with Crippen molar-refractivity contribution in [3.8, 4) is 11.8 Å². The summed E-state index contributed by atoms with van der Waals surface area (Å²) in [6.07, 6.45) is 1.69. The van der Waals surface area contributed by atoms with Gasteiger partial charge in [0.15, 0.2) is 0 Å².